The smallest absolute Gasteiger partial charge is 0.251 e. The van der Waals surface area contributed by atoms with Crippen molar-refractivity contribution in [3.05, 3.63) is 53.9 Å². The van der Waals surface area contributed by atoms with Gasteiger partial charge in [0, 0.05) is 51.2 Å². The Hall–Kier alpha value is -2.83. The highest BCUT2D eigenvalue weighted by atomic mass is 16.1. The minimum Gasteiger partial charge on any atom is -0.356 e. The van der Waals surface area contributed by atoms with Gasteiger partial charge in [-0.3, -0.25) is 14.5 Å². The van der Waals surface area contributed by atoms with Crippen LogP contribution in [-0.4, -0.2) is 41.8 Å². The Balaban J connectivity index is 1.76. The fraction of sp³-hybridized carbons (Fsp3) is 0.421. The first-order valence-electron chi connectivity index (χ1n) is 9.02. The summed E-state index contributed by atoms with van der Waals surface area (Å²) in [4.78, 5) is 16.3. The van der Waals surface area contributed by atoms with Crippen molar-refractivity contribution in [1.82, 2.24) is 25.7 Å². The molecule has 1 aromatic heterocycles. The van der Waals surface area contributed by atoms with Crippen LogP contribution in [0.5, 0.6) is 0 Å². The molecular formula is C19H28N6O. The van der Waals surface area contributed by atoms with Crippen molar-refractivity contribution in [2.75, 3.05) is 20.1 Å². The van der Waals surface area contributed by atoms with Crippen molar-refractivity contribution in [3.8, 4) is 0 Å². The molecule has 0 unspecified atom stereocenters. The Morgan fingerprint density at radius 1 is 1.19 bits per heavy atom. The molecule has 2 aromatic rings. The van der Waals surface area contributed by atoms with Gasteiger partial charge in [-0.1, -0.05) is 19.1 Å². The minimum atomic E-state index is -0.0326. The zero-order chi connectivity index (χ0) is 18.6. The summed E-state index contributed by atoms with van der Waals surface area (Å²) in [5.74, 6) is 0.709. The highest BCUT2D eigenvalue weighted by molar-refractivity contribution is 5.94. The van der Waals surface area contributed by atoms with Gasteiger partial charge in [0.1, 0.15) is 0 Å². The van der Waals surface area contributed by atoms with Crippen molar-refractivity contribution in [2.24, 2.45) is 4.99 Å². The first-order chi connectivity index (χ1) is 12.7. The lowest BCUT2D eigenvalue weighted by molar-refractivity contribution is 0.0953. The number of aryl methyl sites for hydroxylation is 1. The molecule has 0 spiro atoms. The lowest BCUT2D eigenvalue weighted by Gasteiger charge is -2.12. The second-order valence-corrected chi connectivity index (χ2v) is 5.93. The Morgan fingerprint density at radius 2 is 2.08 bits per heavy atom. The van der Waals surface area contributed by atoms with Crippen LogP contribution in [0.1, 0.15) is 35.7 Å². The van der Waals surface area contributed by atoms with Gasteiger partial charge in [-0.2, -0.15) is 5.10 Å². The average Bonchev–Trinajstić information content (AvgIpc) is 3.19. The number of nitrogens with zero attached hydrogens (tertiary/aromatic N) is 3. The van der Waals surface area contributed by atoms with Crippen LogP contribution in [-0.2, 0) is 13.1 Å². The van der Waals surface area contributed by atoms with Crippen molar-refractivity contribution in [1.29, 1.82) is 0 Å². The van der Waals surface area contributed by atoms with Gasteiger partial charge >= 0.3 is 0 Å². The predicted molar refractivity (Wildman–Crippen MR) is 104 cm³/mol. The zero-order valence-electron chi connectivity index (χ0n) is 15.5. The number of amides is 1. The van der Waals surface area contributed by atoms with Crippen LogP contribution in [0, 0.1) is 0 Å². The van der Waals surface area contributed by atoms with Gasteiger partial charge in [-0.15, -0.1) is 0 Å². The summed E-state index contributed by atoms with van der Waals surface area (Å²) in [6.07, 6.45) is 5.62. The van der Waals surface area contributed by atoms with Crippen LogP contribution in [0.4, 0.5) is 0 Å². The summed E-state index contributed by atoms with van der Waals surface area (Å²) in [6, 6.07) is 9.55. The molecule has 140 valence electrons. The number of benzene rings is 1. The first kappa shape index (κ1) is 19.5. The number of guanidine groups is 1. The van der Waals surface area contributed by atoms with E-state index >= 15 is 0 Å². The molecule has 0 aliphatic heterocycles. The van der Waals surface area contributed by atoms with E-state index in [0.29, 0.717) is 18.7 Å². The van der Waals surface area contributed by atoms with E-state index in [-0.39, 0.29) is 5.91 Å². The predicted octanol–water partition coefficient (Wildman–Crippen LogP) is 1.78. The van der Waals surface area contributed by atoms with E-state index in [2.05, 4.69) is 26.0 Å². The van der Waals surface area contributed by atoms with Crippen molar-refractivity contribution in [2.45, 2.75) is 32.9 Å². The molecule has 26 heavy (non-hydrogen) atoms. The second-order valence-electron chi connectivity index (χ2n) is 5.93. The molecule has 0 bridgehead atoms. The Morgan fingerprint density at radius 3 is 2.81 bits per heavy atom. The monoisotopic (exact) mass is 356 g/mol. The summed E-state index contributed by atoms with van der Waals surface area (Å²) in [7, 11) is 1.75. The fourth-order valence-corrected chi connectivity index (χ4v) is 2.45. The van der Waals surface area contributed by atoms with Crippen molar-refractivity contribution < 1.29 is 4.79 Å². The molecule has 0 radical (unpaired) electrons. The molecule has 0 saturated heterocycles. The van der Waals surface area contributed by atoms with Gasteiger partial charge in [0.2, 0.25) is 0 Å². The minimum absolute atomic E-state index is 0.0326. The van der Waals surface area contributed by atoms with Crippen LogP contribution >= 0.6 is 0 Å². The third-order valence-corrected chi connectivity index (χ3v) is 3.82. The number of aliphatic imine (C=N–C) groups is 1. The SMILES string of the molecule is CCCNC(=O)c1cccc(CNC(=NC)NCCCn2cccn2)c1. The Bertz CT molecular complexity index is 696. The highest BCUT2D eigenvalue weighted by Crippen LogP contribution is 2.05. The molecular weight excluding hydrogens is 328 g/mol. The van der Waals surface area contributed by atoms with Gasteiger partial charge in [-0.25, -0.2) is 0 Å². The zero-order valence-corrected chi connectivity index (χ0v) is 15.5. The van der Waals surface area contributed by atoms with Gasteiger partial charge in [-0.05, 0) is 36.6 Å². The maximum absolute atomic E-state index is 12.0. The maximum atomic E-state index is 12.0. The van der Waals surface area contributed by atoms with E-state index < -0.39 is 0 Å². The van der Waals surface area contributed by atoms with E-state index in [4.69, 9.17) is 0 Å². The van der Waals surface area contributed by atoms with Gasteiger partial charge < -0.3 is 16.0 Å². The molecule has 0 aliphatic carbocycles. The Kier molecular flexibility index (Phi) is 8.18. The number of aromatic nitrogens is 2. The van der Waals surface area contributed by atoms with Crippen LogP contribution in [0.25, 0.3) is 0 Å². The van der Waals surface area contributed by atoms with E-state index in [1.165, 1.54) is 0 Å². The molecule has 0 saturated carbocycles. The van der Waals surface area contributed by atoms with E-state index in [0.717, 1.165) is 37.5 Å². The van der Waals surface area contributed by atoms with Crippen LogP contribution in [0.3, 0.4) is 0 Å². The normalized spacial score (nSPS) is 11.2. The van der Waals surface area contributed by atoms with E-state index in [1.54, 1.807) is 13.2 Å². The third-order valence-electron chi connectivity index (χ3n) is 3.82. The Labute approximate surface area is 154 Å². The van der Waals surface area contributed by atoms with Gasteiger partial charge in [0.05, 0.1) is 0 Å². The van der Waals surface area contributed by atoms with Crippen molar-refractivity contribution in [3.63, 3.8) is 0 Å². The van der Waals surface area contributed by atoms with Crippen molar-refractivity contribution >= 4 is 11.9 Å². The molecule has 0 aliphatic rings. The van der Waals surface area contributed by atoms with Gasteiger partial charge in [0.25, 0.3) is 5.91 Å². The van der Waals surface area contributed by atoms with Crippen LogP contribution in [0.2, 0.25) is 0 Å². The number of nitrogens with one attached hydrogen (secondary N) is 3. The first-order valence-corrected chi connectivity index (χ1v) is 9.02. The van der Waals surface area contributed by atoms with E-state index in [1.807, 2.05) is 48.1 Å². The molecule has 1 amide bonds. The summed E-state index contributed by atoms with van der Waals surface area (Å²) in [5, 5.41) is 13.6. The summed E-state index contributed by atoms with van der Waals surface area (Å²) in [5.41, 5.74) is 1.72. The molecule has 7 nitrogen and oxygen atoms in total. The average molecular weight is 356 g/mol. The van der Waals surface area contributed by atoms with E-state index in [9.17, 15) is 4.79 Å². The standard InChI is InChI=1S/C19H28N6O/c1-3-9-21-18(26)17-8-4-7-16(14-17)15-23-19(20-2)22-10-5-12-25-13-6-11-24-25/h4,6-8,11,13-14H,3,5,9-10,12,15H2,1-2H3,(H,21,26)(H2,20,22,23). The number of carbonyl (C=O) groups excluding carboxylic acids is 1. The molecule has 1 aromatic carbocycles. The summed E-state index contributed by atoms with van der Waals surface area (Å²) < 4.78 is 1.91. The summed E-state index contributed by atoms with van der Waals surface area (Å²) in [6.45, 7) is 5.00. The maximum Gasteiger partial charge on any atom is 0.251 e. The topological polar surface area (TPSA) is 83.3 Å². The highest BCUT2D eigenvalue weighted by Gasteiger charge is 2.05. The molecule has 2 rings (SSSR count). The largest absolute Gasteiger partial charge is 0.356 e. The lowest BCUT2D eigenvalue weighted by atomic mass is 10.1. The second kappa shape index (κ2) is 10.9. The molecule has 0 atom stereocenters. The number of carbonyl (C=O) groups is 1. The quantitative estimate of drug-likeness (QED) is 0.363. The molecule has 0 fully saturated rings. The fourth-order valence-electron chi connectivity index (χ4n) is 2.45. The molecule has 1 heterocycles. The number of hydrogen-bond donors (Lipinski definition) is 3. The van der Waals surface area contributed by atoms with Crippen LogP contribution < -0.4 is 16.0 Å². The molecule has 3 N–H and O–H groups in total. The molecule has 7 heteroatoms. The number of hydrogen-bond acceptors (Lipinski definition) is 3. The lowest BCUT2D eigenvalue weighted by Crippen LogP contribution is -2.37. The third kappa shape index (κ3) is 6.58. The van der Waals surface area contributed by atoms with Gasteiger partial charge in [0.15, 0.2) is 5.96 Å². The number of rotatable bonds is 9. The summed E-state index contributed by atoms with van der Waals surface area (Å²) >= 11 is 0. The van der Waals surface area contributed by atoms with Crippen LogP contribution in [0.15, 0.2) is 47.7 Å².